The van der Waals surface area contributed by atoms with Gasteiger partial charge < -0.3 is 14.7 Å². The van der Waals surface area contributed by atoms with Gasteiger partial charge in [-0.15, -0.1) is 0 Å². The first-order valence-electron chi connectivity index (χ1n) is 7.52. The van der Waals surface area contributed by atoms with Gasteiger partial charge >= 0.3 is 12.2 Å². The molecule has 140 valence electrons. The number of carbonyl (C=O) groups is 2. The van der Waals surface area contributed by atoms with Crippen LogP contribution < -0.4 is 10.1 Å². The molecule has 1 aromatic rings. The van der Waals surface area contributed by atoms with Gasteiger partial charge in [-0.1, -0.05) is 0 Å². The average Bonchev–Trinajstić information content (AvgIpc) is 2.44. The van der Waals surface area contributed by atoms with Crippen LogP contribution in [0.5, 0.6) is 11.5 Å². The summed E-state index contributed by atoms with van der Waals surface area (Å²) in [6.45, 7) is 6.85. The van der Waals surface area contributed by atoms with Crippen LogP contribution in [-0.4, -0.2) is 41.1 Å². The molecular formula is C16H21F3N2O4. The van der Waals surface area contributed by atoms with Gasteiger partial charge in [0.15, 0.2) is 11.5 Å². The number of imide groups is 1. The number of nitrogens with zero attached hydrogens (tertiary/aromatic N) is 1. The number of alkyl halides is 3. The number of rotatable bonds is 4. The Balaban J connectivity index is 3.25. The molecule has 3 amide bonds. The summed E-state index contributed by atoms with van der Waals surface area (Å²) in [6, 6.07) is -0.215. The fraction of sp³-hybridized carbons (Fsp3) is 0.500. The van der Waals surface area contributed by atoms with Crippen LogP contribution in [-0.2, 0) is 6.18 Å². The molecule has 0 aromatic heterocycles. The number of carbonyl (C=O) groups excluding carboxylic acids is 2. The van der Waals surface area contributed by atoms with Crippen LogP contribution in [0.15, 0.2) is 12.1 Å². The van der Waals surface area contributed by atoms with E-state index in [1.54, 1.807) is 27.7 Å². The molecule has 0 saturated carbocycles. The highest BCUT2D eigenvalue weighted by atomic mass is 19.4. The number of aromatic hydroxyl groups is 1. The molecule has 1 rings (SSSR count). The van der Waals surface area contributed by atoms with Crippen molar-refractivity contribution in [3.05, 3.63) is 23.3 Å². The Bertz CT molecular complexity index is 650. The minimum Gasteiger partial charge on any atom is -0.504 e. The van der Waals surface area contributed by atoms with Gasteiger partial charge in [0, 0.05) is 12.1 Å². The van der Waals surface area contributed by atoms with Gasteiger partial charge in [0.2, 0.25) is 0 Å². The quantitative estimate of drug-likeness (QED) is 0.861. The topological polar surface area (TPSA) is 78.9 Å². The normalized spacial score (nSPS) is 11.6. The van der Waals surface area contributed by atoms with Crippen LogP contribution in [0.2, 0.25) is 0 Å². The van der Waals surface area contributed by atoms with Crippen LogP contribution in [0.3, 0.4) is 0 Å². The Hall–Kier alpha value is -2.45. The molecule has 0 aliphatic rings. The summed E-state index contributed by atoms with van der Waals surface area (Å²) in [7, 11) is 1.08. The molecule has 0 atom stereocenters. The van der Waals surface area contributed by atoms with Crippen molar-refractivity contribution in [2.24, 2.45) is 0 Å². The van der Waals surface area contributed by atoms with E-state index in [-0.39, 0.29) is 12.1 Å². The van der Waals surface area contributed by atoms with Crippen LogP contribution in [0.4, 0.5) is 18.0 Å². The Morgan fingerprint density at radius 1 is 1.16 bits per heavy atom. The first kappa shape index (κ1) is 20.6. The van der Waals surface area contributed by atoms with Crippen molar-refractivity contribution in [3.63, 3.8) is 0 Å². The van der Waals surface area contributed by atoms with E-state index in [1.807, 2.05) is 5.32 Å². The number of halogens is 3. The van der Waals surface area contributed by atoms with Crippen LogP contribution in [0, 0.1) is 0 Å². The molecular weight excluding hydrogens is 341 g/mol. The molecule has 6 nitrogen and oxygen atoms in total. The maximum atomic E-state index is 13.2. The monoisotopic (exact) mass is 362 g/mol. The summed E-state index contributed by atoms with van der Waals surface area (Å²) < 4.78 is 44.2. The molecule has 2 N–H and O–H groups in total. The second-order valence-electron chi connectivity index (χ2n) is 5.92. The first-order valence-corrected chi connectivity index (χ1v) is 7.52. The number of ether oxygens (including phenoxy) is 1. The van der Waals surface area contributed by atoms with Gasteiger partial charge in [-0.3, -0.25) is 10.1 Å². The molecule has 9 heteroatoms. The zero-order valence-corrected chi connectivity index (χ0v) is 14.6. The number of hydrogen-bond acceptors (Lipinski definition) is 4. The van der Waals surface area contributed by atoms with Crippen molar-refractivity contribution in [1.82, 2.24) is 10.2 Å². The number of benzene rings is 1. The number of methoxy groups -OCH3 is 1. The number of phenolic OH excluding ortho intramolecular Hbond substituents is 1. The molecule has 0 bridgehead atoms. The molecule has 0 unspecified atom stereocenters. The molecule has 0 heterocycles. The van der Waals surface area contributed by atoms with Crippen LogP contribution in [0.1, 0.15) is 43.6 Å². The largest absolute Gasteiger partial charge is 0.504 e. The lowest BCUT2D eigenvalue weighted by Gasteiger charge is -2.30. The third-order valence-electron chi connectivity index (χ3n) is 3.44. The third kappa shape index (κ3) is 4.77. The Kier molecular flexibility index (Phi) is 6.28. The summed E-state index contributed by atoms with van der Waals surface area (Å²) in [5, 5.41) is 11.6. The molecule has 0 spiro atoms. The van der Waals surface area contributed by atoms with Crippen LogP contribution in [0.25, 0.3) is 0 Å². The fourth-order valence-corrected chi connectivity index (χ4v) is 2.45. The minimum atomic E-state index is -4.87. The fourth-order valence-electron chi connectivity index (χ4n) is 2.45. The summed E-state index contributed by atoms with van der Waals surface area (Å²) in [4.78, 5) is 25.7. The average molecular weight is 362 g/mol. The summed E-state index contributed by atoms with van der Waals surface area (Å²) in [5.74, 6) is -2.33. The molecule has 1 aromatic carbocycles. The van der Waals surface area contributed by atoms with Crippen LogP contribution >= 0.6 is 0 Å². The second kappa shape index (κ2) is 7.62. The number of urea groups is 1. The number of phenols is 1. The number of hydrogen-bond donors (Lipinski definition) is 2. The van der Waals surface area contributed by atoms with Crippen molar-refractivity contribution >= 4 is 11.9 Å². The lowest BCUT2D eigenvalue weighted by atomic mass is 10.0. The second-order valence-corrected chi connectivity index (χ2v) is 5.92. The van der Waals surface area contributed by atoms with Crippen molar-refractivity contribution in [2.45, 2.75) is 46.0 Å². The van der Waals surface area contributed by atoms with Crippen molar-refractivity contribution < 1.29 is 32.6 Å². The number of nitrogens with one attached hydrogen (secondary N) is 1. The van der Waals surface area contributed by atoms with E-state index in [0.717, 1.165) is 7.11 Å². The molecule has 0 aliphatic heterocycles. The lowest BCUT2D eigenvalue weighted by Crippen LogP contribution is -2.49. The maximum Gasteiger partial charge on any atom is 0.417 e. The summed E-state index contributed by atoms with van der Waals surface area (Å²) in [5.41, 5.74) is -2.18. The van der Waals surface area contributed by atoms with Crippen molar-refractivity contribution in [3.8, 4) is 11.5 Å². The van der Waals surface area contributed by atoms with E-state index in [2.05, 4.69) is 4.74 Å². The van der Waals surface area contributed by atoms with Gasteiger partial charge in [0.05, 0.1) is 18.2 Å². The number of amides is 3. The van der Waals surface area contributed by atoms with Gasteiger partial charge in [-0.2, -0.15) is 13.2 Å². The zero-order chi connectivity index (χ0) is 19.5. The van der Waals surface area contributed by atoms with Crippen molar-refractivity contribution in [2.75, 3.05) is 7.11 Å². The maximum absolute atomic E-state index is 13.2. The van der Waals surface area contributed by atoms with E-state index >= 15 is 0 Å². The van der Waals surface area contributed by atoms with E-state index in [1.165, 1.54) is 4.90 Å². The third-order valence-corrected chi connectivity index (χ3v) is 3.44. The van der Waals surface area contributed by atoms with E-state index < -0.39 is 40.7 Å². The summed E-state index contributed by atoms with van der Waals surface area (Å²) in [6.07, 6.45) is -4.87. The van der Waals surface area contributed by atoms with Gasteiger partial charge in [0.1, 0.15) is 0 Å². The Labute approximate surface area is 143 Å². The SMILES string of the molecule is COc1cc(C(F)(F)F)c(C(=O)NC(=O)N(C(C)C)C(C)C)cc1O. The molecule has 0 saturated heterocycles. The highest BCUT2D eigenvalue weighted by Gasteiger charge is 2.37. The molecule has 0 aliphatic carbocycles. The highest BCUT2D eigenvalue weighted by Crippen LogP contribution is 2.38. The Morgan fingerprint density at radius 3 is 2.08 bits per heavy atom. The highest BCUT2D eigenvalue weighted by molar-refractivity contribution is 6.05. The lowest BCUT2D eigenvalue weighted by molar-refractivity contribution is -0.138. The van der Waals surface area contributed by atoms with Gasteiger partial charge in [0.25, 0.3) is 5.91 Å². The molecule has 0 fully saturated rings. The zero-order valence-electron chi connectivity index (χ0n) is 14.6. The van der Waals surface area contributed by atoms with E-state index in [0.29, 0.717) is 12.1 Å². The van der Waals surface area contributed by atoms with Gasteiger partial charge in [-0.05, 0) is 39.8 Å². The van der Waals surface area contributed by atoms with E-state index in [4.69, 9.17) is 0 Å². The van der Waals surface area contributed by atoms with E-state index in [9.17, 15) is 27.9 Å². The smallest absolute Gasteiger partial charge is 0.417 e. The predicted octanol–water partition coefficient (Wildman–Crippen LogP) is 3.39. The molecule has 0 radical (unpaired) electrons. The summed E-state index contributed by atoms with van der Waals surface area (Å²) >= 11 is 0. The molecule has 25 heavy (non-hydrogen) atoms. The standard InChI is InChI=1S/C16H21F3N2O4/c1-8(2)21(9(3)4)15(24)20-14(23)10-6-12(22)13(25-5)7-11(10)16(17,18)19/h6-9,22H,1-5H3,(H,20,23,24). The van der Waals surface area contributed by atoms with Gasteiger partial charge in [-0.25, -0.2) is 4.79 Å². The predicted molar refractivity (Wildman–Crippen MR) is 84.6 cm³/mol. The van der Waals surface area contributed by atoms with Crippen molar-refractivity contribution in [1.29, 1.82) is 0 Å². The minimum absolute atomic E-state index is 0.265. The first-order chi connectivity index (χ1) is 11.4. The Morgan fingerprint density at radius 2 is 1.68 bits per heavy atom.